The standard InChI is InChI=1S/C25H35N4O10P/c1-15(2)25(33)21(35-6)24(26,38-22(25)29-13-12-19(30)27-23(29)32)14-36-40(34,39-18-10-8-7-9-11-18)28-17(5)20(31)37-16(3)4/h7-13,16-17,21-22,33H,1,14,26H2,2-6H3,(H,28,34)(H,27,30,32)/t17-,21+,22+,24+,25+,40-/m0/s1. The Labute approximate surface area is 230 Å². The van der Waals surface area contributed by atoms with E-state index in [0.717, 1.165) is 16.8 Å². The van der Waals surface area contributed by atoms with Crippen molar-refractivity contribution in [3.05, 3.63) is 75.6 Å². The molecule has 2 heterocycles. The Balaban J connectivity index is 1.97. The van der Waals surface area contributed by atoms with Gasteiger partial charge in [0.15, 0.2) is 17.6 Å². The van der Waals surface area contributed by atoms with Crippen LogP contribution in [0.4, 0.5) is 0 Å². The molecule has 1 fully saturated rings. The second kappa shape index (κ2) is 12.2. The number of para-hydroxylation sites is 1. The van der Waals surface area contributed by atoms with Crippen LogP contribution in [0.3, 0.4) is 0 Å². The number of carbonyl (C=O) groups excluding carboxylic acids is 1. The van der Waals surface area contributed by atoms with Crippen LogP contribution in [0.25, 0.3) is 0 Å². The molecule has 0 unspecified atom stereocenters. The summed E-state index contributed by atoms with van der Waals surface area (Å²) in [7, 11) is -3.15. The van der Waals surface area contributed by atoms with E-state index in [1.165, 1.54) is 33.1 Å². The number of aromatic amines is 1. The van der Waals surface area contributed by atoms with Crippen molar-refractivity contribution < 1.29 is 37.7 Å². The number of ether oxygens (including phenoxy) is 3. The zero-order chi connectivity index (χ0) is 29.9. The van der Waals surface area contributed by atoms with Crippen LogP contribution in [-0.4, -0.2) is 63.9 Å². The summed E-state index contributed by atoms with van der Waals surface area (Å²) in [6, 6.07) is 7.97. The number of aliphatic hydroxyl groups is 1. The number of aromatic nitrogens is 2. The van der Waals surface area contributed by atoms with Gasteiger partial charge in [0, 0.05) is 19.4 Å². The topological polar surface area (TPSA) is 193 Å². The Morgan fingerprint density at radius 3 is 2.48 bits per heavy atom. The highest BCUT2D eigenvalue weighted by atomic mass is 31.2. The molecule has 1 saturated heterocycles. The van der Waals surface area contributed by atoms with Crippen LogP contribution in [0.2, 0.25) is 0 Å². The van der Waals surface area contributed by atoms with Crippen molar-refractivity contribution in [3.8, 4) is 5.75 Å². The Morgan fingerprint density at radius 2 is 1.93 bits per heavy atom. The van der Waals surface area contributed by atoms with Gasteiger partial charge in [0.1, 0.15) is 24.5 Å². The second-order valence-electron chi connectivity index (χ2n) is 9.68. The highest BCUT2D eigenvalue weighted by Gasteiger charge is 2.65. The highest BCUT2D eigenvalue weighted by Crippen LogP contribution is 2.50. The van der Waals surface area contributed by atoms with Crippen molar-refractivity contribution in [2.45, 2.75) is 63.5 Å². The quantitative estimate of drug-likeness (QED) is 0.159. The van der Waals surface area contributed by atoms with E-state index in [1.807, 2.05) is 0 Å². The predicted octanol–water partition coefficient (Wildman–Crippen LogP) is 1.18. The van der Waals surface area contributed by atoms with E-state index < -0.39 is 67.4 Å². The monoisotopic (exact) mass is 582 g/mol. The fourth-order valence-corrected chi connectivity index (χ4v) is 5.72. The average Bonchev–Trinajstić information content (AvgIpc) is 3.10. The van der Waals surface area contributed by atoms with E-state index in [2.05, 4.69) is 16.7 Å². The van der Waals surface area contributed by atoms with E-state index in [0.29, 0.717) is 0 Å². The number of benzene rings is 1. The summed E-state index contributed by atoms with van der Waals surface area (Å²) in [4.78, 5) is 38.7. The molecule has 15 heteroatoms. The fourth-order valence-electron chi connectivity index (χ4n) is 4.19. The molecule has 0 spiro atoms. The molecule has 5 N–H and O–H groups in total. The van der Waals surface area contributed by atoms with Gasteiger partial charge >= 0.3 is 19.4 Å². The number of carbonyl (C=O) groups is 1. The third-order valence-corrected chi connectivity index (χ3v) is 7.68. The van der Waals surface area contributed by atoms with E-state index >= 15 is 0 Å². The lowest BCUT2D eigenvalue weighted by molar-refractivity contribution is -0.149. The van der Waals surface area contributed by atoms with Gasteiger partial charge in [-0.05, 0) is 45.4 Å². The molecule has 3 rings (SSSR count). The highest BCUT2D eigenvalue weighted by molar-refractivity contribution is 7.52. The number of methoxy groups -OCH3 is 1. The average molecular weight is 583 g/mol. The van der Waals surface area contributed by atoms with Crippen LogP contribution in [0, 0.1) is 0 Å². The molecule has 0 amide bonds. The number of esters is 1. The molecule has 0 aliphatic carbocycles. The third kappa shape index (κ3) is 6.61. The lowest BCUT2D eigenvalue weighted by atomic mass is 9.85. The molecule has 220 valence electrons. The molecular weight excluding hydrogens is 547 g/mol. The molecule has 0 saturated carbocycles. The number of nitrogens with one attached hydrogen (secondary N) is 2. The number of nitrogens with two attached hydrogens (primary N) is 1. The first kappa shape index (κ1) is 31.4. The largest absolute Gasteiger partial charge is 0.462 e. The number of nitrogens with zero attached hydrogens (tertiary/aromatic N) is 1. The van der Waals surface area contributed by atoms with E-state index in [1.54, 1.807) is 32.0 Å². The van der Waals surface area contributed by atoms with Gasteiger partial charge in [0.25, 0.3) is 5.56 Å². The van der Waals surface area contributed by atoms with Crippen LogP contribution >= 0.6 is 7.75 Å². The van der Waals surface area contributed by atoms with Gasteiger partial charge in [-0.1, -0.05) is 24.8 Å². The normalized spacial score (nSPS) is 26.7. The van der Waals surface area contributed by atoms with Crippen LogP contribution < -0.4 is 26.6 Å². The predicted molar refractivity (Wildman–Crippen MR) is 143 cm³/mol. The smallest absolute Gasteiger partial charge is 0.459 e. The Kier molecular flexibility index (Phi) is 9.58. The van der Waals surface area contributed by atoms with Gasteiger partial charge in [0.05, 0.1) is 6.10 Å². The maximum absolute atomic E-state index is 13.9. The van der Waals surface area contributed by atoms with Gasteiger partial charge in [-0.25, -0.2) is 9.36 Å². The van der Waals surface area contributed by atoms with Crippen LogP contribution in [0.15, 0.2) is 64.3 Å². The summed E-state index contributed by atoms with van der Waals surface area (Å²) in [5.74, 6) is -0.556. The summed E-state index contributed by atoms with van der Waals surface area (Å²) >= 11 is 0. The maximum atomic E-state index is 13.9. The van der Waals surface area contributed by atoms with Crippen LogP contribution in [0.1, 0.15) is 33.9 Å². The van der Waals surface area contributed by atoms with E-state index in [-0.39, 0.29) is 11.3 Å². The summed E-state index contributed by atoms with van der Waals surface area (Å²) in [5, 5.41) is 14.3. The van der Waals surface area contributed by atoms with Crippen molar-refractivity contribution >= 4 is 13.7 Å². The molecule has 2 aromatic rings. The minimum absolute atomic E-state index is 0.113. The first-order chi connectivity index (χ1) is 18.6. The van der Waals surface area contributed by atoms with Crippen molar-refractivity contribution in [2.24, 2.45) is 5.73 Å². The lowest BCUT2D eigenvalue weighted by Gasteiger charge is -2.36. The van der Waals surface area contributed by atoms with Gasteiger partial charge in [-0.2, -0.15) is 5.09 Å². The molecule has 0 bridgehead atoms. The molecular formula is C25H35N4O10P. The third-order valence-electron chi connectivity index (χ3n) is 6.06. The van der Waals surface area contributed by atoms with Gasteiger partial charge in [-0.3, -0.25) is 29.4 Å². The first-order valence-corrected chi connectivity index (χ1v) is 13.9. The van der Waals surface area contributed by atoms with Crippen molar-refractivity contribution in [1.29, 1.82) is 0 Å². The summed E-state index contributed by atoms with van der Waals surface area (Å²) in [6.45, 7) is 9.29. The molecule has 14 nitrogen and oxygen atoms in total. The van der Waals surface area contributed by atoms with E-state index in [4.69, 9.17) is 29.0 Å². The molecule has 1 aliphatic rings. The Bertz CT molecular complexity index is 1380. The zero-order valence-corrected chi connectivity index (χ0v) is 23.8. The summed E-state index contributed by atoms with van der Waals surface area (Å²) < 4.78 is 42.8. The van der Waals surface area contributed by atoms with Crippen molar-refractivity contribution in [1.82, 2.24) is 14.6 Å². The molecule has 1 aliphatic heterocycles. The second-order valence-corrected chi connectivity index (χ2v) is 11.4. The van der Waals surface area contributed by atoms with Gasteiger partial charge in [-0.15, -0.1) is 0 Å². The number of H-pyrrole nitrogens is 1. The Morgan fingerprint density at radius 1 is 1.27 bits per heavy atom. The molecule has 40 heavy (non-hydrogen) atoms. The minimum atomic E-state index is -4.39. The number of rotatable bonds is 12. The van der Waals surface area contributed by atoms with Crippen LogP contribution in [0.5, 0.6) is 5.75 Å². The molecule has 1 aromatic heterocycles. The summed E-state index contributed by atoms with van der Waals surface area (Å²) in [6.07, 6.45) is -2.27. The summed E-state index contributed by atoms with van der Waals surface area (Å²) in [5.41, 5.74) is 0.922. The first-order valence-electron chi connectivity index (χ1n) is 12.3. The fraction of sp³-hybridized carbons (Fsp3) is 0.480. The zero-order valence-electron chi connectivity index (χ0n) is 22.9. The Hall–Kier alpha value is -3.10. The van der Waals surface area contributed by atoms with Gasteiger partial charge in [0.2, 0.25) is 0 Å². The number of hydrogen-bond acceptors (Lipinski definition) is 11. The lowest BCUT2D eigenvalue weighted by Crippen LogP contribution is -2.59. The minimum Gasteiger partial charge on any atom is -0.462 e. The molecule has 6 atom stereocenters. The SMILES string of the molecule is C=C(C)[C@]1(O)[C@H](n2ccc(=O)[nH]c2=O)O[C@](N)(CO[P@@](=O)(N[C@@H](C)C(=O)OC(C)C)Oc2ccccc2)[C@H]1OC. The van der Waals surface area contributed by atoms with Crippen LogP contribution in [-0.2, 0) is 28.1 Å². The molecule has 0 radical (unpaired) electrons. The maximum Gasteiger partial charge on any atom is 0.459 e. The van der Waals surface area contributed by atoms with E-state index in [9.17, 15) is 24.1 Å². The number of hydrogen-bond donors (Lipinski definition) is 4. The molecule has 1 aromatic carbocycles. The van der Waals surface area contributed by atoms with Crippen molar-refractivity contribution in [3.63, 3.8) is 0 Å². The van der Waals surface area contributed by atoms with Crippen molar-refractivity contribution in [2.75, 3.05) is 13.7 Å². The van der Waals surface area contributed by atoms with Gasteiger partial charge < -0.3 is 23.8 Å².